The Hall–Kier alpha value is -1.81. The third kappa shape index (κ3) is 1.57. The summed E-state index contributed by atoms with van der Waals surface area (Å²) in [4.78, 5) is 7.56. The molecule has 0 saturated carbocycles. The van der Waals surface area contributed by atoms with Gasteiger partial charge in [0.05, 0.1) is 17.2 Å². The second-order valence-corrected chi connectivity index (χ2v) is 4.45. The van der Waals surface area contributed by atoms with Crippen LogP contribution in [0.25, 0.3) is 5.70 Å². The lowest BCUT2D eigenvalue weighted by Crippen LogP contribution is -2.22. The van der Waals surface area contributed by atoms with Crippen LogP contribution >= 0.6 is 11.3 Å². The highest BCUT2D eigenvalue weighted by molar-refractivity contribution is 7.11. The molecule has 16 heavy (non-hydrogen) atoms. The predicted molar refractivity (Wildman–Crippen MR) is 67.0 cm³/mol. The van der Waals surface area contributed by atoms with Gasteiger partial charge in [-0.2, -0.15) is 0 Å². The Bertz CT molecular complexity index is 490. The smallest absolute Gasteiger partial charge is 0.0922 e. The van der Waals surface area contributed by atoms with Crippen molar-refractivity contribution in [3.8, 4) is 0 Å². The zero-order chi connectivity index (χ0) is 10.8. The van der Waals surface area contributed by atoms with Crippen LogP contribution in [-0.2, 0) is 0 Å². The molecule has 3 nitrogen and oxygen atoms in total. The van der Waals surface area contributed by atoms with Gasteiger partial charge in [0.1, 0.15) is 0 Å². The van der Waals surface area contributed by atoms with Gasteiger partial charge >= 0.3 is 0 Å². The van der Waals surface area contributed by atoms with Gasteiger partial charge in [-0.15, -0.1) is 11.3 Å². The minimum atomic E-state index is 0.817. The quantitative estimate of drug-likeness (QED) is 0.857. The zero-order valence-corrected chi connectivity index (χ0v) is 9.45. The minimum Gasteiger partial charge on any atom is -0.372 e. The summed E-state index contributed by atoms with van der Waals surface area (Å²) < 4.78 is 0. The first-order valence-electron chi connectivity index (χ1n) is 5.10. The van der Waals surface area contributed by atoms with Crippen LogP contribution in [0.2, 0.25) is 0 Å². The number of thiophene rings is 1. The Morgan fingerprint density at radius 1 is 1.25 bits per heavy atom. The summed E-state index contributed by atoms with van der Waals surface area (Å²) in [6.07, 6.45) is 5.70. The van der Waals surface area contributed by atoms with Crippen LogP contribution in [0.4, 0.5) is 5.69 Å². The Morgan fingerprint density at radius 2 is 2.12 bits per heavy atom. The van der Waals surface area contributed by atoms with E-state index in [4.69, 9.17) is 0 Å². The first-order valence-corrected chi connectivity index (χ1v) is 5.98. The second kappa shape index (κ2) is 3.98. The average Bonchev–Trinajstić information content (AvgIpc) is 3.01. The predicted octanol–water partition coefficient (Wildman–Crippen LogP) is 2.51. The van der Waals surface area contributed by atoms with Crippen LogP contribution in [0.3, 0.4) is 0 Å². The Morgan fingerprint density at radius 3 is 2.88 bits per heavy atom. The van der Waals surface area contributed by atoms with E-state index < -0.39 is 0 Å². The fourth-order valence-electron chi connectivity index (χ4n) is 1.78. The molecule has 3 heterocycles. The zero-order valence-electron chi connectivity index (χ0n) is 8.63. The number of aromatic nitrogens is 1. The van der Waals surface area contributed by atoms with Crippen molar-refractivity contribution in [2.45, 2.75) is 0 Å². The number of pyridine rings is 1. The number of anilines is 1. The summed E-state index contributed by atoms with van der Waals surface area (Å²) in [5.41, 5.74) is 2.39. The molecule has 2 aromatic heterocycles. The largest absolute Gasteiger partial charge is 0.372 e. The molecule has 0 spiro atoms. The van der Waals surface area contributed by atoms with Crippen molar-refractivity contribution in [3.05, 3.63) is 53.1 Å². The average molecular weight is 229 g/mol. The van der Waals surface area contributed by atoms with Gasteiger partial charge in [-0.3, -0.25) is 4.98 Å². The summed E-state index contributed by atoms with van der Waals surface area (Å²) in [6, 6.07) is 8.25. The van der Waals surface area contributed by atoms with Gasteiger partial charge in [0.25, 0.3) is 0 Å². The fraction of sp³-hybridized carbons (Fsp3) is 0.0833. The van der Waals surface area contributed by atoms with Gasteiger partial charge in [0.2, 0.25) is 0 Å². The summed E-state index contributed by atoms with van der Waals surface area (Å²) in [5, 5.41) is 5.36. The van der Waals surface area contributed by atoms with E-state index in [2.05, 4.69) is 38.9 Å². The van der Waals surface area contributed by atoms with E-state index in [9.17, 15) is 0 Å². The maximum Gasteiger partial charge on any atom is 0.0922 e. The van der Waals surface area contributed by atoms with Crippen LogP contribution < -0.4 is 10.2 Å². The molecule has 2 aromatic rings. The van der Waals surface area contributed by atoms with Crippen molar-refractivity contribution in [1.29, 1.82) is 0 Å². The Labute approximate surface area is 98.1 Å². The summed E-state index contributed by atoms with van der Waals surface area (Å²) >= 11 is 1.75. The van der Waals surface area contributed by atoms with Gasteiger partial charge in [-0.05, 0) is 23.6 Å². The molecule has 0 saturated heterocycles. The molecule has 3 rings (SSSR count). The molecule has 0 unspecified atom stereocenters. The number of hydrogen-bond acceptors (Lipinski definition) is 4. The molecule has 0 bridgehead atoms. The first-order chi connectivity index (χ1) is 7.95. The van der Waals surface area contributed by atoms with E-state index in [0.29, 0.717) is 0 Å². The van der Waals surface area contributed by atoms with Crippen molar-refractivity contribution < 1.29 is 0 Å². The molecule has 1 aliphatic heterocycles. The van der Waals surface area contributed by atoms with Crippen LogP contribution in [0.1, 0.15) is 4.88 Å². The van der Waals surface area contributed by atoms with E-state index in [0.717, 1.165) is 6.67 Å². The fourth-order valence-corrected chi connectivity index (χ4v) is 2.53. The molecule has 4 heteroatoms. The van der Waals surface area contributed by atoms with Crippen molar-refractivity contribution in [2.75, 3.05) is 11.6 Å². The Balaban J connectivity index is 1.96. The maximum absolute atomic E-state index is 4.04. The molecule has 0 amide bonds. The third-order valence-electron chi connectivity index (χ3n) is 2.53. The molecule has 0 fully saturated rings. The summed E-state index contributed by atoms with van der Waals surface area (Å²) in [7, 11) is 0. The molecular weight excluding hydrogens is 218 g/mol. The SMILES string of the molecule is C1=C(c2cccs2)N(c2ccncc2)CN1. The summed E-state index contributed by atoms with van der Waals surface area (Å²) in [5.74, 6) is 0. The van der Waals surface area contributed by atoms with Crippen LogP contribution in [0.15, 0.2) is 48.2 Å². The highest BCUT2D eigenvalue weighted by atomic mass is 32.1. The molecule has 1 N–H and O–H groups in total. The molecular formula is C12H11N3S. The van der Waals surface area contributed by atoms with Gasteiger partial charge < -0.3 is 10.2 Å². The van der Waals surface area contributed by atoms with Crippen molar-refractivity contribution in [2.24, 2.45) is 0 Å². The van der Waals surface area contributed by atoms with E-state index in [1.54, 1.807) is 11.3 Å². The van der Waals surface area contributed by atoms with Gasteiger partial charge in [-0.1, -0.05) is 6.07 Å². The molecule has 0 aliphatic carbocycles. The van der Waals surface area contributed by atoms with Gasteiger partial charge in [-0.25, -0.2) is 0 Å². The number of nitrogens with one attached hydrogen (secondary N) is 1. The lowest BCUT2D eigenvalue weighted by Gasteiger charge is -2.20. The second-order valence-electron chi connectivity index (χ2n) is 3.50. The van der Waals surface area contributed by atoms with E-state index >= 15 is 0 Å². The van der Waals surface area contributed by atoms with Gasteiger partial charge in [0.15, 0.2) is 0 Å². The lowest BCUT2D eigenvalue weighted by molar-refractivity contribution is 0.904. The molecule has 0 aromatic carbocycles. The van der Waals surface area contributed by atoms with Crippen LogP contribution in [-0.4, -0.2) is 11.7 Å². The molecule has 0 radical (unpaired) electrons. The standard InChI is InChI=1S/C12H11N3S/c1-2-12(16-7-1)11-8-14-9-15(11)10-3-5-13-6-4-10/h1-8,14H,9H2. The first kappa shape index (κ1) is 9.42. The minimum absolute atomic E-state index is 0.817. The number of hydrogen-bond donors (Lipinski definition) is 1. The van der Waals surface area contributed by atoms with E-state index in [1.807, 2.05) is 24.5 Å². The Kier molecular flexibility index (Phi) is 2.34. The monoisotopic (exact) mass is 229 g/mol. The number of nitrogens with zero attached hydrogens (tertiary/aromatic N) is 2. The maximum atomic E-state index is 4.04. The number of rotatable bonds is 2. The highest BCUT2D eigenvalue weighted by Gasteiger charge is 2.18. The highest BCUT2D eigenvalue weighted by Crippen LogP contribution is 2.29. The van der Waals surface area contributed by atoms with Crippen molar-refractivity contribution >= 4 is 22.7 Å². The van der Waals surface area contributed by atoms with Crippen LogP contribution in [0.5, 0.6) is 0 Å². The molecule has 0 atom stereocenters. The molecule has 1 aliphatic rings. The third-order valence-corrected chi connectivity index (χ3v) is 3.42. The van der Waals surface area contributed by atoms with Crippen molar-refractivity contribution in [3.63, 3.8) is 0 Å². The van der Waals surface area contributed by atoms with E-state index in [-0.39, 0.29) is 0 Å². The summed E-state index contributed by atoms with van der Waals surface area (Å²) in [6.45, 7) is 0.817. The topological polar surface area (TPSA) is 28.2 Å². The normalized spacial score (nSPS) is 14.8. The van der Waals surface area contributed by atoms with Gasteiger partial charge in [0, 0.05) is 24.3 Å². The van der Waals surface area contributed by atoms with Crippen molar-refractivity contribution in [1.82, 2.24) is 10.3 Å². The van der Waals surface area contributed by atoms with Crippen LogP contribution in [0, 0.1) is 0 Å². The molecule has 80 valence electrons. The lowest BCUT2D eigenvalue weighted by atomic mass is 10.3. The van der Waals surface area contributed by atoms with E-state index in [1.165, 1.54) is 16.3 Å².